The molecular formula is C20H16F4N6OS2. The summed E-state index contributed by atoms with van der Waals surface area (Å²) in [5.74, 6) is 0.129. The molecule has 1 N–H and O–H groups in total. The molecule has 172 valence electrons. The molecule has 0 atom stereocenters. The second-order valence-electron chi connectivity index (χ2n) is 6.56. The van der Waals surface area contributed by atoms with Crippen LogP contribution in [0.2, 0.25) is 0 Å². The molecule has 0 saturated carbocycles. The third-order valence-electron chi connectivity index (χ3n) is 4.40. The number of nitriles is 1. The van der Waals surface area contributed by atoms with Crippen molar-refractivity contribution < 1.29 is 22.3 Å². The van der Waals surface area contributed by atoms with Gasteiger partial charge in [-0.15, -0.1) is 11.8 Å². The van der Waals surface area contributed by atoms with E-state index in [0.29, 0.717) is 22.4 Å². The molecule has 0 fully saturated rings. The molecule has 0 amide bonds. The number of aromatic amines is 1. The van der Waals surface area contributed by atoms with Crippen LogP contribution >= 0.6 is 24.0 Å². The highest BCUT2D eigenvalue weighted by Gasteiger charge is 2.18. The van der Waals surface area contributed by atoms with Gasteiger partial charge in [0.15, 0.2) is 0 Å². The first-order valence-electron chi connectivity index (χ1n) is 9.24. The molecule has 0 aliphatic heterocycles. The monoisotopic (exact) mass is 496 g/mol. The van der Waals surface area contributed by atoms with Gasteiger partial charge in [0, 0.05) is 11.3 Å². The van der Waals surface area contributed by atoms with Crippen molar-refractivity contribution in [1.29, 1.82) is 5.26 Å². The topological polar surface area (TPSA) is 91.9 Å². The van der Waals surface area contributed by atoms with Crippen molar-refractivity contribution in [2.24, 2.45) is 5.10 Å². The molecule has 0 aliphatic rings. The number of benzene rings is 1. The minimum atomic E-state index is -2.87. The Morgan fingerprint density at radius 1 is 1.30 bits per heavy atom. The molecule has 0 aliphatic carbocycles. The van der Waals surface area contributed by atoms with Crippen molar-refractivity contribution in [2.45, 2.75) is 30.6 Å². The number of hydrogen-bond donors (Lipinski definition) is 1. The molecule has 2 heterocycles. The highest BCUT2D eigenvalue weighted by atomic mass is 32.2. The molecule has 3 rings (SSSR count). The Morgan fingerprint density at radius 2 is 2.06 bits per heavy atom. The first kappa shape index (κ1) is 24.4. The van der Waals surface area contributed by atoms with Crippen LogP contribution in [0.3, 0.4) is 0 Å². The molecular weight excluding hydrogens is 480 g/mol. The smallest absolute Gasteiger partial charge is 0.299 e. The van der Waals surface area contributed by atoms with E-state index < -0.39 is 24.4 Å². The fourth-order valence-electron chi connectivity index (χ4n) is 2.84. The van der Waals surface area contributed by atoms with E-state index in [-0.39, 0.29) is 21.1 Å². The number of ether oxygens (including phenoxy) is 1. The van der Waals surface area contributed by atoms with Gasteiger partial charge in [-0.05, 0) is 54.5 Å². The Morgan fingerprint density at radius 3 is 2.70 bits per heavy atom. The molecule has 0 spiro atoms. The van der Waals surface area contributed by atoms with E-state index in [4.69, 9.17) is 17.0 Å². The zero-order valence-corrected chi connectivity index (χ0v) is 18.9. The maximum Gasteiger partial charge on any atom is 0.299 e. The number of H-pyrrole nitrogens is 1. The molecule has 7 nitrogen and oxygen atoms in total. The number of thioether (sulfide) groups is 1. The molecule has 0 saturated heterocycles. The van der Waals surface area contributed by atoms with Gasteiger partial charge in [0.1, 0.15) is 22.5 Å². The zero-order valence-electron chi connectivity index (χ0n) is 17.2. The Hall–Kier alpha value is -3.24. The van der Waals surface area contributed by atoms with E-state index in [1.165, 1.54) is 19.4 Å². The lowest BCUT2D eigenvalue weighted by atomic mass is 10.1. The Balaban J connectivity index is 1.90. The summed E-state index contributed by atoms with van der Waals surface area (Å²) in [6, 6.07) is 8.19. The summed E-state index contributed by atoms with van der Waals surface area (Å²) in [7, 11) is 1.47. The van der Waals surface area contributed by atoms with Gasteiger partial charge in [0.25, 0.3) is 12.9 Å². The van der Waals surface area contributed by atoms with Crippen molar-refractivity contribution in [1.82, 2.24) is 19.9 Å². The number of aryl methyl sites for hydroxylation is 1. The number of nitrogens with one attached hydrogen (secondary N) is 1. The van der Waals surface area contributed by atoms with Crippen LogP contribution in [0.25, 0.3) is 0 Å². The Labute approximate surface area is 195 Å². The quantitative estimate of drug-likeness (QED) is 0.190. The highest BCUT2D eigenvalue weighted by molar-refractivity contribution is 7.98. The largest absolute Gasteiger partial charge is 0.496 e. The summed E-state index contributed by atoms with van der Waals surface area (Å²) < 4.78 is 58.5. The van der Waals surface area contributed by atoms with Crippen molar-refractivity contribution in [2.75, 3.05) is 7.11 Å². The molecule has 0 unspecified atom stereocenters. The van der Waals surface area contributed by atoms with Crippen molar-refractivity contribution >= 4 is 30.2 Å². The summed E-state index contributed by atoms with van der Waals surface area (Å²) in [4.78, 5) is 3.93. The summed E-state index contributed by atoms with van der Waals surface area (Å²) in [6.45, 7) is 1.57. The maximum absolute atomic E-state index is 13.2. The number of hydrogen-bond acceptors (Lipinski definition) is 7. The molecule has 3 aromatic rings. The first-order chi connectivity index (χ1) is 15.7. The van der Waals surface area contributed by atoms with Crippen LogP contribution in [-0.4, -0.2) is 33.2 Å². The fraction of sp³-hybridized carbons (Fsp3) is 0.250. The van der Waals surface area contributed by atoms with E-state index in [1.807, 2.05) is 6.07 Å². The number of methoxy groups -OCH3 is 1. The van der Waals surface area contributed by atoms with Crippen LogP contribution in [0.4, 0.5) is 17.6 Å². The van der Waals surface area contributed by atoms with Gasteiger partial charge in [-0.3, -0.25) is 0 Å². The number of aromatic nitrogens is 4. The molecule has 33 heavy (non-hydrogen) atoms. The number of rotatable bonds is 8. The van der Waals surface area contributed by atoms with E-state index in [9.17, 15) is 22.8 Å². The Bertz CT molecular complexity index is 1280. The van der Waals surface area contributed by atoms with Crippen LogP contribution in [0, 0.1) is 23.0 Å². The van der Waals surface area contributed by atoms with Crippen LogP contribution in [0.1, 0.15) is 46.6 Å². The lowest BCUT2D eigenvalue weighted by molar-refractivity contribution is 0.136. The number of nitrogens with zero attached hydrogens (tertiary/aromatic N) is 5. The maximum atomic E-state index is 13.2. The van der Waals surface area contributed by atoms with Crippen LogP contribution in [-0.2, 0) is 5.75 Å². The number of alkyl halides is 4. The second kappa shape index (κ2) is 10.6. The van der Waals surface area contributed by atoms with Crippen molar-refractivity contribution in [3.8, 4) is 11.8 Å². The summed E-state index contributed by atoms with van der Waals surface area (Å²) in [5.41, 5.74) is 1.41. The van der Waals surface area contributed by atoms with Crippen LogP contribution < -0.4 is 4.74 Å². The van der Waals surface area contributed by atoms with Gasteiger partial charge in [0.2, 0.25) is 10.6 Å². The van der Waals surface area contributed by atoms with Gasteiger partial charge in [-0.25, -0.2) is 27.6 Å². The molecule has 1 aromatic carbocycles. The molecule has 0 bridgehead atoms. The third kappa shape index (κ3) is 5.58. The second-order valence-corrected chi connectivity index (χ2v) is 7.91. The Kier molecular flexibility index (Phi) is 7.83. The summed E-state index contributed by atoms with van der Waals surface area (Å²) in [5, 5.41) is 19.3. The zero-order chi connectivity index (χ0) is 24.1. The summed E-state index contributed by atoms with van der Waals surface area (Å²) in [6.07, 6.45) is -4.31. The minimum absolute atomic E-state index is 0.0878. The standard InChI is InChI=1S/C20H16F4N6OS2/c1-10-5-14(16(21)22)27-19(13(10)7-25)33-9-12-6-11(3-4-15(12)31-2)8-26-30-18(17(23)24)28-29-20(30)32/h3-6,8,16-17H,9H2,1-2H3,(H,29,32). The van der Waals surface area contributed by atoms with Crippen LogP contribution in [0.15, 0.2) is 34.4 Å². The van der Waals surface area contributed by atoms with Gasteiger partial charge in [-0.2, -0.15) is 20.1 Å². The van der Waals surface area contributed by atoms with Gasteiger partial charge >= 0.3 is 0 Å². The number of pyridine rings is 1. The van der Waals surface area contributed by atoms with Gasteiger partial charge in [-0.1, -0.05) is 0 Å². The number of halogens is 4. The van der Waals surface area contributed by atoms with E-state index in [0.717, 1.165) is 16.4 Å². The predicted octanol–water partition coefficient (Wildman–Crippen LogP) is 5.57. The van der Waals surface area contributed by atoms with E-state index in [1.54, 1.807) is 25.1 Å². The fourth-order valence-corrected chi connectivity index (χ4v) is 4.06. The van der Waals surface area contributed by atoms with Gasteiger partial charge in [0.05, 0.1) is 18.9 Å². The SMILES string of the molecule is COc1ccc(C=Nn2c(C(F)F)n[nH]c2=S)cc1CSc1nc(C(F)F)cc(C)c1C#N. The molecule has 2 aromatic heterocycles. The first-order valence-corrected chi connectivity index (χ1v) is 10.6. The molecule has 0 radical (unpaired) electrons. The molecule has 13 heteroatoms. The average Bonchev–Trinajstić information content (AvgIpc) is 3.16. The van der Waals surface area contributed by atoms with E-state index >= 15 is 0 Å². The normalized spacial score (nSPS) is 11.5. The lowest BCUT2D eigenvalue weighted by Gasteiger charge is -2.11. The third-order valence-corrected chi connectivity index (χ3v) is 5.69. The van der Waals surface area contributed by atoms with Gasteiger partial charge < -0.3 is 4.74 Å². The highest BCUT2D eigenvalue weighted by Crippen LogP contribution is 2.32. The minimum Gasteiger partial charge on any atom is -0.496 e. The summed E-state index contributed by atoms with van der Waals surface area (Å²) >= 11 is 6.03. The average molecular weight is 497 g/mol. The van der Waals surface area contributed by atoms with Crippen molar-refractivity contribution in [3.63, 3.8) is 0 Å². The van der Waals surface area contributed by atoms with E-state index in [2.05, 4.69) is 20.3 Å². The van der Waals surface area contributed by atoms with Crippen molar-refractivity contribution in [3.05, 3.63) is 62.8 Å². The van der Waals surface area contributed by atoms with Crippen LogP contribution in [0.5, 0.6) is 5.75 Å². The predicted molar refractivity (Wildman–Crippen MR) is 117 cm³/mol. The lowest BCUT2D eigenvalue weighted by Crippen LogP contribution is -2.00.